The molecular weight excluding hydrogens is 380 g/mol. The highest BCUT2D eigenvalue weighted by Crippen LogP contribution is 2.37. The predicted molar refractivity (Wildman–Crippen MR) is 101 cm³/mol. The number of rotatable bonds is 3. The third-order valence-electron chi connectivity index (χ3n) is 5.18. The van der Waals surface area contributed by atoms with Crippen molar-refractivity contribution in [2.45, 2.75) is 32.1 Å². The Labute approximate surface area is 166 Å². The van der Waals surface area contributed by atoms with Crippen LogP contribution in [0.4, 0.5) is 8.78 Å². The van der Waals surface area contributed by atoms with Crippen LogP contribution >= 0.6 is 0 Å². The van der Waals surface area contributed by atoms with E-state index in [0.29, 0.717) is 34.0 Å². The number of carbonyl (C=O) groups is 1. The maximum atomic E-state index is 14.6. The first kappa shape index (κ1) is 19.2. The molecule has 3 heterocycles. The number of alkyl halides is 2. The summed E-state index contributed by atoms with van der Waals surface area (Å²) in [7, 11) is 1.54. The van der Waals surface area contributed by atoms with Crippen LogP contribution < -0.4 is 4.74 Å². The molecular formula is C20H21F2N5O2. The molecule has 0 N–H and O–H groups in total. The second-order valence-corrected chi connectivity index (χ2v) is 7.42. The first-order valence-corrected chi connectivity index (χ1v) is 9.26. The summed E-state index contributed by atoms with van der Waals surface area (Å²) >= 11 is 0. The molecule has 0 saturated carbocycles. The van der Waals surface area contributed by atoms with E-state index in [9.17, 15) is 13.6 Å². The first-order valence-electron chi connectivity index (χ1n) is 9.26. The number of fused-ring (bicyclic) bond motifs is 1. The van der Waals surface area contributed by atoms with E-state index in [1.165, 1.54) is 22.9 Å². The fraction of sp³-hybridized carbons (Fsp3) is 0.400. The molecule has 1 unspecified atom stereocenters. The van der Waals surface area contributed by atoms with Crippen LogP contribution in [0.3, 0.4) is 0 Å². The van der Waals surface area contributed by atoms with E-state index in [1.54, 1.807) is 38.1 Å². The van der Waals surface area contributed by atoms with Gasteiger partial charge in [0.25, 0.3) is 17.6 Å². The molecule has 29 heavy (non-hydrogen) atoms. The molecule has 0 bridgehead atoms. The topological polar surface area (TPSA) is 72.6 Å². The number of carbonyl (C=O) groups excluding carboxylic acids is 1. The number of nitrogens with zero attached hydrogens (tertiary/aromatic N) is 5. The van der Waals surface area contributed by atoms with Gasteiger partial charge in [-0.25, -0.2) is 18.3 Å². The van der Waals surface area contributed by atoms with Crippen LogP contribution in [0.5, 0.6) is 5.75 Å². The van der Waals surface area contributed by atoms with Crippen LogP contribution in [0.2, 0.25) is 0 Å². The number of aromatic nitrogens is 4. The summed E-state index contributed by atoms with van der Waals surface area (Å²) in [5.41, 5.74) is 2.31. The van der Waals surface area contributed by atoms with Gasteiger partial charge >= 0.3 is 0 Å². The molecule has 1 atom stereocenters. The van der Waals surface area contributed by atoms with Gasteiger partial charge in [0.1, 0.15) is 12.1 Å². The van der Waals surface area contributed by atoms with Gasteiger partial charge in [0.15, 0.2) is 0 Å². The lowest BCUT2D eigenvalue weighted by molar-refractivity contribution is -0.0641. The minimum Gasteiger partial charge on any atom is -0.497 e. The van der Waals surface area contributed by atoms with Crippen LogP contribution in [0.25, 0.3) is 5.78 Å². The summed E-state index contributed by atoms with van der Waals surface area (Å²) in [6.45, 7) is 3.10. The van der Waals surface area contributed by atoms with E-state index in [1.807, 2.05) is 0 Å². The van der Waals surface area contributed by atoms with Crippen molar-refractivity contribution >= 4 is 11.7 Å². The van der Waals surface area contributed by atoms with E-state index < -0.39 is 24.3 Å². The normalized spacial score (nSPS) is 18.8. The number of methoxy groups -OCH3 is 1. The van der Waals surface area contributed by atoms with Crippen molar-refractivity contribution < 1.29 is 18.3 Å². The Morgan fingerprint density at radius 3 is 2.79 bits per heavy atom. The number of aryl methyl sites for hydroxylation is 2. The number of amides is 1. The van der Waals surface area contributed by atoms with Crippen LogP contribution in [0.15, 0.2) is 30.6 Å². The van der Waals surface area contributed by atoms with Gasteiger partial charge < -0.3 is 9.64 Å². The molecule has 1 amide bonds. The van der Waals surface area contributed by atoms with Crippen molar-refractivity contribution in [3.05, 3.63) is 53.1 Å². The van der Waals surface area contributed by atoms with Gasteiger partial charge in [0, 0.05) is 30.1 Å². The van der Waals surface area contributed by atoms with Crippen molar-refractivity contribution in [3.63, 3.8) is 0 Å². The molecule has 1 aromatic carbocycles. The van der Waals surface area contributed by atoms with Gasteiger partial charge in [-0.1, -0.05) is 0 Å². The van der Waals surface area contributed by atoms with Crippen molar-refractivity contribution in [1.82, 2.24) is 24.5 Å². The second-order valence-electron chi connectivity index (χ2n) is 7.42. The molecule has 4 rings (SSSR count). The van der Waals surface area contributed by atoms with Crippen molar-refractivity contribution in [1.29, 1.82) is 0 Å². The summed E-state index contributed by atoms with van der Waals surface area (Å²) in [5.74, 6) is -3.05. The lowest BCUT2D eigenvalue weighted by atomic mass is 9.91. The maximum absolute atomic E-state index is 14.6. The fourth-order valence-corrected chi connectivity index (χ4v) is 3.88. The third-order valence-corrected chi connectivity index (χ3v) is 5.18. The largest absolute Gasteiger partial charge is 0.497 e. The zero-order valence-electron chi connectivity index (χ0n) is 16.4. The molecule has 9 heteroatoms. The van der Waals surface area contributed by atoms with Gasteiger partial charge in [-0.05, 0) is 43.7 Å². The highest BCUT2D eigenvalue weighted by molar-refractivity contribution is 5.96. The standard InChI is InChI=1S/C20H21F2N5O2/c1-12-6-15(29-3)4-5-16(12)18(28)26-9-14(8-20(21,22)10-26)17-7-13(2)25-19-23-11-24-27(17)19/h4-7,11,14H,8-10H2,1-3H3. The van der Waals surface area contributed by atoms with E-state index in [0.717, 1.165) is 0 Å². The lowest BCUT2D eigenvalue weighted by Gasteiger charge is -2.38. The molecule has 0 spiro atoms. The van der Waals surface area contributed by atoms with Crippen LogP contribution in [0.1, 0.15) is 39.6 Å². The Morgan fingerprint density at radius 2 is 2.07 bits per heavy atom. The van der Waals surface area contributed by atoms with Crippen molar-refractivity contribution in [2.75, 3.05) is 20.2 Å². The number of hydrogen-bond acceptors (Lipinski definition) is 5. The van der Waals surface area contributed by atoms with E-state index >= 15 is 0 Å². The molecule has 3 aromatic rings. The fourth-order valence-electron chi connectivity index (χ4n) is 3.88. The SMILES string of the molecule is COc1ccc(C(=O)N2CC(c3cc(C)nc4ncnn34)CC(F)(F)C2)c(C)c1. The van der Waals surface area contributed by atoms with E-state index in [-0.39, 0.29) is 13.0 Å². The third kappa shape index (κ3) is 3.64. The Bertz CT molecular complexity index is 1080. The summed E-state index contributed by atoms with van der Waals surface area (Å²) in [6, 6.07) is 6.72. The molecule has 0 radical (unpaired) electrons. The summed E-state index contributed by atoms with van der Waals surface area (Å²) in [4.78, 5) is 22.6. The molecule has 1 fully saturated rings. The van der Waals surface area contributed by atoms with Gasteiger partial charge in [0.2, 0.25) is 0 Å². The number of piperidine rings is 1. The van der Waals surface area contributed by atoms with Crippen LogP contribution in [-0.2, 0) is 0 Å². The lowest BCUT2D eigenvalue weighted by Crippen LogP contribution is -2.49. The van der Waals surface area contributed by atoms with Crippen LogP contribution in [0, 0.1) is 13.8 Å². The number of likely N-dealkylation sites (tertiary alicyclic amines) is 1. The zero-order valence-corrected chi connectivity index (χ0v) is 16.4. The number of ether oxygens (including phenoxy) is 1. The van der Waals surface area contributed by atoms with Gasteiger partial charge in [-0.3, -0.25) is 4.79 Å². The Morgan fingerprint density at radius 1 is 1.28 bits per heavy atom. The molecule has 1 aliphatic rings. The predicted octanol–water partition coefficient (Wildman–Crippen LogP) is 3.01. The van der Waals surface area contributed by atoms with Crippen molar-refractivity contribution in [3.8, 4) is 5.75 Å². The van der Waals surface area contributed by atoms with Gasteiger partial charge in [-0.2, -0.15) is 10.1 Å². The minimum absolute atomic E-state index is 0.165. The molecule has 2 aromatic heterocycles. The number of hydrogen-bond donors (Lipinski definition) is 0. The summed E-state index contributed by atoms with van der Waals surface area (Å²) in [6.07, 6.45) is 0.979. The molecule has 7 nitrogen and oxygen atoms in total. The number of halogens is 2. The highest BCUT2D eigenvalue weighted by atomic mass is 19.3. The average molecular weight is 401 g/mol. The Balaban J connectivity index is 1.69. The molecule has 152 valence electrons. The zero-order chi connectivity index (χ0) is 20.8. The second kappa shape index (κ2) is 7.06. The monoisotopic (exact) mass is 401 g/mol. The summed E-state index contributed by atoms with van der Waals surface area (Å²) in [5, 5.41) is 4.12. The Kier molecular flexibility index (Phi) is 4.68. The number of benzene rings is 1. The first-order chi connectivity index (χ1) is 13.8. The highest BCUT2D eigenvalue weighted by Gasteiger charge is 2.43. The molecule has 0 aliphatic carbocycles. The van der Waals surface area contributed by atoms with Gasteiger partial charge in [-0.15, -0.1) is 0 Å². The summed E-state index contributed by atoms with van der Waals surface area (Å²) < 4.78 is 35.9. The molecule has 1 aliphatic heterocycles. The average Bonchev–Trinajstić information content (AvgIpc) is 3.13. The quantitative estimate of drug-likeness (QED) is 0.675. The minimum atomic E-state index is -3.01. The smallest absolute Gasteiger partial charge is 0.266 e. The van der Waals surface area contributed by atoms with E-state index in [2.05, 4.69) is 15.1 Å². The Hall–Kier alpha value is -3.10. The molecule has 1 saturated heterocycles. The van der Waals surface area contributed by atoms with Crippen LogP contribution in [-0.4, -0.2) is 56.5 Å². The van der Waals surface area contributed by atoms with Crippen molar-refractivity contribution in [2.24, 2.45) is 0 Å². The van der Waals surface area contributed by atoms with E-state index in [4.69, 9.17) is 4.74 Å². The van der Waals surface area contributed by atoms with Gasteiger partial charge in [0.05, 0.1) is 19.3 Å². The maximum Gasteiger partial charge on any atom is 0.266 e.